The van der Waals surface area contributed by atoms with Gasteiger partial charge in [0.25, 0.3) is 5.91 Å². The molecule has 32 heavy (non-hydrogen) atoms. The average molecular weight is 476 g/mol. The highest BCUT2D eigenvalue weighted by molar-refractivity contribution is 6.31. The van der Waals surface area contributed by atoms with Crippen LogP contribution in [0.4, 0.5) is 10.1 Å². The molecule has 0 aliphatic rings. The zero-order valence-electron chi connectivity index (χ0n) is 17.2. The number of carbonyl (C=O) groups excluding carboxylic acids is 2. The van der Waals surface area contributed by atoms with Crippen molar-refractivity contribution in [2.24, 2.45) is 0 Å². The number of halogens is 3. The molecule has 0 atom stereocenters. The first-order valence-corrected chi connectivity index (χ1v) is 10.5. The van der Waals surface area contributed by atoms with Gasteiger partial charge >= 0.3 is 5.97 Å². The Morgan fingerprint density at radius 2 is 1.78 bits per heavy atom. The monoisotopic (exact) mass is 475 g/mol. The number of carbonyl (C=O) groups is 2. The molecule has 0 aliphatic carbocycles. The van der Waals surface area contributed by atoms with Gasteiger partial charge in [-0.2, -0.15) is 0 Å². The van der Waals surface area contributed by atoms with Gasteiger partial charge in [-0.1, -0.05) is 41.4 Å². The van der Waals surface area contributed by atoms with Crippen molar-refractivity contribution in [3.63, 3.8) is 0 Å². The molecule has 1 amide bonds. The SMILES string of the molecule is CCOC(=O)Cc1ccc(NC(=O)c2cc(Cl)ccc2OCc2cccc(Cl)c2)cc1F. The maximum Gasteiger partial charge on any atom is 0.310 e. The van der Waals surface area contributed by atoms with E-state index in [9.17, 15) is 14.0 Å². The number of ether oxygens (including phenoxy) is 2. The number of hydrogen-bond donors (Lipinski definition) is 1. The fourth-order valence-electron chi connectivity index (χ4n) is 2.93. The lowest BCUT2D eigenvalue weighted by Crippen LogP contribution is -2.14. The van der Waals surface area contributed by atoms with Gasteiger partial charge in [0.1, 0.15) is 18.2 Å². The summed E-state index contributed by atoms with van der Waals surface area (Å²) in [7, 11) is 0. The Bertz CT molecular complexity index is 1140. The molecular weight excluding hydrogens is 456 g/mol. The number of hydrogen-bond acceptors (Lipinski definition) is 4. The molecule has 166 valence electrons. The van der Waals surface area contributed by atoms with Gasteiger partial charge in [-0.25, -0.2) is 4.39 Å². The van der Waals surface area contributed by atoms with Crippen molar-refractivity contribution in [2.75, 3.05) is 11.9 Å². The molecule has 0 spiro atoms. The third-order valence-electron chi connectivity index (χ3n) is 4.42. The minimum atomic E-state index is -0.626. The fourth-order valence-corrected chi connectivity index (χ4v) is 3.31. The van der Waals surface area contributed by atoms with Gasteiger partial charge in [0.15, 0.2) is 0 Å². The second-order valence-corrected chi connectivity index (χ2v) is 7.67. The predicted octanol–water partition coefficient (Wildman–Crippen LogP) is 6.07. The quantitative estimate of drug-likeness (QED) is 0.401. The Morgan fingerprint density at radius 1 is 1.00 bits per heavy atom. The summed E-state index contributed by atoms with van der Waals surface area (Å²) in [5.74, 6) is -1.36. The zero-order valence-corrected chi connectivity index (χ0v) is 18.7. The van der Waals surface area contributed by atoms with Gasteiger partial charge in [0.2, 0.25) is 0 Å². The maximum absolute atomic E-state index is 14.4. The lowest BCUT2D eigenvalue weighted by molar-refractivity contribution is -0.142. The molecule has 3 rings (SSSR count). The van der Waals surface area contributed by atoms with Crippen LogP contribution in [0, 0.1) is 5.82 Å². The van der Waals surface area contributed by atoms with Crippen LogP contribution >= 0.6 is 23.2 Å². The van der Waals surface area contributed by atoms with Crippen molar-refractivity contribution < 1.29 is 23.5 Å². The molecule has 1 N–H and O–H groups in total. The van der Waals surface area contributed by atoms with E-state index in [1.807, 2.05) is 6.07 Å². The minimum Gasteiger partial charge on any atom is -0.488 e. The Morgan fingerprint density at radius 3 is 2.50 bits per heavy atom. The van der Waals surface area contributed by atoms with E-state index in [0.717, 1.165) is 11.6 Å². The summed E-state index contributed by atoms with van der Waals surface area (Å²) in [5.41, 5.74) is 1.42. The predicted molar refractivity (Wildman–Crippen MR) is 122 cm³/mol. The number of esters is 1. The van der Waals surface area contributed by atoms with Gasteiger partial charge in [-0.15, -0.1) is 0 Å². The molecule has 8 heteroatoms. The van der Waals surface area contributed by atoms with Gasteiger partial charge in [-0.05, 0) is 60.5 Å². The van der Waals surface area contributed by atoms with E-state index in [4.69, 9.17) is 32.7 Å². The third kappa shape index (κ3) is 6.45. The Labute approximate surface area is 195 Å². The molecule has 0 saturated carbocycles. The largest absolute Gasteiger partial charge is 0.488 e. The highest BCUT2D eigenvalue weighted by Gasteiger charge is 2.16. The number of benzene rings is 3. The third-order valence-corrected chi connectivity index (χ3v) is 4.89. The van der Waals surface area contributed by atoms with Crippen LogP contribution in [-0.4, -0.2) is 18.5 Å². The standard InChI is InChI=1S/C24H20Cl2FNO4/c1-2-31-23(29)11-16-6-8-19(13-21(16)27)28-24(30)20-12-18(26)7-9-22(20)32-14-15-4-3-5-17(25)10-15/h3-10,12-13H,2,11,14H2,1H3,(H,28,30). The lowest BCUT2D eigenvalue weighted by atomic mass is 10.1. The highest BCUT2D eigenvalue weighted by atomic mass is 35.5. The van der Waals surface area contributed by atoms with E-state index < -0.39 is 17.7 Å². The van der Waals surface area contributed by atoms with E-state index in [1.54, 1.807) is 37.3 Å². The highest BCUT2D eigenvalue weighted by Crippen LogP contribution is 2.26. The van der Waals surface area contributed by atoms with Crippen LogP contribution in [0.2, 0.25) is 10.0 Å². The topological polar surface area (TPSA) is 64.6 Å². The normalized spacial score (nSPS) is 10.5. The van der Waals surface area contributed by atoms with Crippen LogP contribution in [0.25, 0.3) is 0 Å². The van der Waals surface area contributed by atoms with E-state index in [0.29, 0.717) is 15.8 Å². The molecule has 5 nitrogen and oxygen atoms in total. The summed E-state index contributed by atoms with van der Waals surface area (Å²) in [6, 6.07) is 15.9. The van der Waals surface area contributed by atoms with Crippen LogP contribution < -0.4 is 10.1 Å². The molecule has 0 heterocycles. The summed E-state index contributed by atoms with van der Waals surface area (Å²) >= 11 is 12.1. The van der Waals surface area contributed by atoms with Gasteiger partial charge in [0.05, 0.1) is 18.6 Å². The molecule has 0 saturated heterocycles. The Balaban J connectivity index is 1.74. The Hall–Kier alpha value is -3.09. The van der Waals surface area contributed by atoms with Gasteiger partial charge < -0.3 is 14.8 Å². The van der Waals surface area contributed by atoms with Crippen LogP contribution in [-0.2, 0) is 22.6 Å². The minimum absolute atomic E-state index is 0.176. The van der Waals surface area contributed by atoms with E-state index in [2.05, 4.69) is 5.32 Å². The van der Waals surface area contributed by atoms with Crippen molar-refractivity contribution in [1.82, 2.24) is 0 Å². The summed E-state index contributed by atoms with van der Waals surface area (Å²) < 4.78 is 25.0. The summed E-state index contributed by atoms with van der Waals surface area (Å²) in [6.07, 6.45) is -0.191. The van der Waals surface area contributed by atoms with Crippen LogP contribution in [0.15, 0.2) is 60.7 Å². The molecular formula is C24H20Cl2FNO4. The smallest absolute Gasteiger partial charge is 0.310 e. The van der Waals surface area contributed by atoms with Gasteiger partial charge in [-0.3, -0.25) is 9.59 Å². The second kappa shape index (κ2) is 11.0. The van der Waals surface area contributed by atoms with Crippen LogP contribution in [0.1, 0.15) is 28.4 Å². The van der Waals surface area contributed by atoms with E-state index in [-0.39, 0.29) is 36.4 Å². The number of rotatable bonds is 8. The average Bonchev–Trinajstić information content (AvgIpc) is 2.75. The summed E-state index contributed by atoms with van der Waals surface area (Å²) in [5, 5.41) is 3.55. The molecule has 0 radical (unpaired) electrons. The summed E-state index contributed by atoms with van der Waals surface area (Å²) in [6.45, 7) is 2.09. The van der Waals surface area contributed by atoms with Crippen LogP contribution in [0.5, 0.6) is 5.75 Å². The second-order valence-electron chi connectivity index (χ2n) is 6.80. The molecule has 0 unspecified atom stereocenters. The molecule has 0 aromatic heterocycles. The molecule has 0 fully saturated rings. The number of amides is 1. The van der Waals surface area contributed by atoms with Crippen LogP contribution in [0.3, 0.4) is 0 Å². The van der Waals surface area contributed by atoms with Crippen molar-refractivity contribution in [1.29, 1.82) is 0 Å². The molecule has 3 aromatic rings. The van der Waals surface area contributed by atoms with Crippen molar-refractivity contribution in [3.05, 3.63) is 93.2 Å². The first kappa shape index (κ1) is 23.6. The van der Waals surface area contributed by atoms with Crippen molar-refractivity contribution in [2.45, 2.75) is 20.0 Å². The molecule has 0 bridgehead atoms. The van der Waals surface area contributed by atoms with E-state index >= 15 is 0 Å². The van der Waals surface area contributed by atoms with E-state index in [1.165, 1.54) is 18.2 Å². The molecule has 0 aliphatic heterocycles. The zero-order chi connectivity index (χ0) is 23.1. The van der Waals surface area contributed by atoms with Crippen molar-refractivity contribution >= 4 is 40.8 Å². The number of nitrogens with one attached hydrogen (secondary N) is 1. The van der Waals surface area contributed by atoms with Gasteiger partial charge in [0, 0.05) is 15.7 Å². The first-order chi connectivity index (χ1) is 15.4. The maximum atomic E-state index is 14.4. The Kier molecular flexibility index (Phi) is 8.09. The number of anilines is 1. The summed E-state index contributed by atoms with van der Waals surface area (Å²) in [4.78, 5) is 24.4. The molecule has 3 aromatic carbocycles. The van der Waals surface area contributed by atoms with Crippen molar-refractivity contribution in [3.8, 4) is 5.75 Å². The fraction of sp³-hybridized carbons (Fsp3) is 0.167. The lowest BCUT2D eigenvalue weighted by Gasteiger charge is -2.13. The first-order valence-electron chi connectivity index (χ1n) is 9.78.